The second kappa shape index (κ2) is 9.60. The number of ether oxygens (including phenoxy) is 2. The monoisotopic (exact) mass is 429 g/mol. The number of aliphatic imine (C=N–C) groups is 1. The number of aryl methyl sites for hydroxylation is 1. The van der Waals surface area contributed by atoms with E-state index < -0.39 is 12.1 Å². The molecule has 1 aromatic heterocycles. The van der Waals surface area contributed by atoms with Gasteiger partial charge in [0.1, 0.15) is 17.2 Å². The molecule has 0 N–H and O–H groups in total. The zero-order valence-corrected chi connectivity index (χ0v) is 16.7. The summed E-state index contributed by atoms with van der Waals surface area (Å²) in [5.41, 5.74) is 1.09. The highest BCUT2D eigenvalue weighted by atomic mass is 35.5. The second-order valence-electron chi connectivity index (χ2n) is 5.97. The van der Waals surface area contributed by atoms with Gasteiger partial charge in [-0.1, -0.05) is 11.6 Å². The highest BCUT2D eigenvalue weighted by Crippen LogP contribution is 2.26. The maximum atomic E-state index is 12.4. The van der Waals surface area contributed by atoms with Gasteiger partial charge >= 0.3 is 6.36 Å². The zero-order valence-electron chi connectivity index (χ0n) is 16.0. The summed E-state index contributed by atoms with van der Waals surface area (Å²) in [6, 6.07) is 6.24. The normalized spacial score (nSPS) is 11.6. The van der Waals surface area contributed by atoms with Crippen LogP contribution >= 0.6 is 11.6 Å². The molecule has 0 bridgehead atoms. The topological polar surface area (TPSA) is 64.0 Å². The van der Waals surface area contributed by atoms with Crippen LogP contribution in [0.1, 0.15) is 23.1 Å². The van der Waals surface area contributed by atoms with Gasteiger partial charge in [0.2, 0.25) is 5.78 Å². The first-order chi connectivity index (χ1) is 13.6. The van der Waals surface area contributed by atoms with Crippen LogP contribution in [0.2, 0.25) is 5.02 Å². The molecule has 2 aromatic rings. The standard InChI is InChI=1S/C19H19ClF3N3O3/c1-4-26(3)11-24-16-9-15(20)18(25-12(16)2)17(27)10-28-13-5-7-14(8-6-13)29-19(21,22)23/h5-9,11H,4,10H2,1-3H3/b24-11-. The number of halogens is 4. The Kier molecular flexibility index (Phi) is 7.44. The van der Waals surface area contributed by atoms with Gasteiger partial charge in [-0.15, -0.1) is 13.2 Å². The molecule has 1 aromatic carbocycles. The molecule has 0 aliphatic rings. The Balaban J connectivity index is 2.03. The number of aromatic nitrogens is 1. The van der Waals surface area contributed by atoms with Crippen LogP contribution in [0, 0.1) is 6.92 Å². The van der Waals surface area contributed by atoms with Crippen LogP contribution < -0.4 is 9.47 Å². The molecule has 0 saturated carbocycles. The Morgan fingerprint density at radius 3 is 2.48 bits per heavy atom. The van der Waals surface area contributed by atoms with Crippen molar-refractivity contribution in [1.29, 1.82) is 0 Å². The van der Waals surface area contributed by atoms with E-state index in [4.69, 9.17) is 16.3 Å². The maximum Gasteiger partial charge on any atom is 0.573 e. The van der Waals surface area contributed by atoms with Gasteiger partial charge in [-0.3, -0.25) is 4.79 Å². The Hall–Kier alpha value is -2.81. The van der Waals surface area contributed by atoms with Crippen LogP contribution in [0.4, 0.5) is 18.9 Å². The van der Waals surface area contributed by atoms with Gasteiger partial charge in [0.15, 0.2) is 6.61 Å². The van der Waals surface area contributed by atoms with E-state index in [1.165, 1.54) is 12.1 Å². The van der Waals surface area contributed by atoms with Gasteiger partial charge in [0, 0.05) is 13.6 Å². The molecule has 2 rings (SSSR count). The van der Waals surface area contributed by atoms with Crippen molar-refractivity contribution in [3.63, 3.8) is 0 Å². The average molecular weight is 430 g/mol. The molecule has 0 unspecified atom stereocenters. The number of hydrogen-bond donors (Lipinski definition) is 0. The minimum absolute atomic E-state index is 0.0315. The van der Waals surface area contributed by atoms with Crippen molar-refractivity contribution < 1.29 is 27.4 Å². The van der Waals surface area contributed by atoms with E-state index in [9.17, 15) is 18.0 Å². The summed E-state index contributed by atoms with van der Waals surface area (Å²) in [5.74, 6) is -0.666. The number of carbonyl (C=O) groups excluding carboxylic acids is 1. The SMILES string of the molecule is CCN(C)/C=N\c1cc(Cl)c(C(=O)COc2ccc(OC(F)(F)F)cc2)nc1C. The molecule has 1 heterocycles. The van der Waals surface area contributed by atoms with E-state index in [1.807, 2.05) is 18.9 Å². The highest BCUT2D eigenvalue weighted by Gasteiger charge is 2.31. The number of rotatable bonds is 8. The van der Waals surface area contributed by atoms with Crippen molar-refractivity contribution in [1.82, 2.24) is 9.88 Å². The molecule has 0 aliphatic carbocycles. The number of Topliss-reactive ketones (excluding diaryl/α,β-unsaturated/α-hetero) is 1. The van der Waals surface area contributed by atoms with Gasteiger partial charge in [0.25, 0.3) is 0 Å². The first kappa shape index (κ1) is 22.5. The molecule has 0 amide bonds. The van der Waals surface area contributed by atoms with Gasteiger partial charge in [-0.25, -0.2) is 9.98 Å². The molecule has 156 valence electrons. The van der Waals surface area contributed by atoms with E-state index in [2.05, 4.69) is 14.7 Å². The lowest BCUT2D eigenvalue weighted by atomic mass is 10.2. The lowest BCUT2D eigenvalue weighted by Gasteiger charge is -2.11. The van der Waals surface area contributed by atoms with Gasteiger partial charge in [-0.2, -0.15) is 0 Å². The zero-order chi connectivity index (χ0) is 21.6. The number of pyridine rings is 1. The summed E-state index contributed by atoms with van der Waals surface area (Å²) in [5, 5.41) is 0.129. The summed E-state index contributed by atoms with van der Waals surface area (Å²) in [4.78, 5) is 22.7. The molecule has 0 atom stereocenters. The predicted octanol–water partition coefficient (Wildman–Crippen LogP) is 4.82. The minimum atomic E-state index is -4.78. The van der Waals surface area contributed by atoms with Gasteiger partial charge < -0.3 is 14.4 Å². The maximum absolute atomic E-state index is 12.4. The van der Waals surface area contributed by atoms with E-state index in [1.54, 1.807) is 19.3 Å². The fraction of sp³-hybridized carbons (Fsp3) is 0.316. The van der Waals surface area contributed by atoms with Crippen molar-refractivity contribution >= 4 is 29.4 Å². The number of hydrogen-bond acceptors (Lipinski definition) is 5. The number of carbonyl (C=O) groups is 1. The largest absolute Gasteiger partial charge is 0.573 e. The highest BCUT2D eigenvalue weighted by molar-refractivity contribution is 6.34. The summed E-state index contributed by atoms with van der Waals surface area (Å²) in [6.07, 6.45) is -3.14. The molecule has 29 heavy (non-hydrogen) atoms. The number of nitrogens with zero attached hydrogens (tertiary/aromatic N) is 3. The van der Waals surface area contributed by atoms with E-state index in [0.717, 1.165) is 18.7 Å². The predicted molar refractivity (Wildman–Crippen MR) is 103 cm³/mol. The van der Waals surface area contributed by atoms with Crippen molar-refractivity contribution in [2.45, 2.75) is 20.2 Å². The first-order valence-electron chi connectivity index (χ1n) is 8.52. The smallest absolute Gasteiger partial charge is 0.485 e. The molecule has 0 fully saturated rings. The summed E-state index contributed by atoms with van der Waals surface area (Å²) in [7, 11) is 1.87. The third-order valence-electron chi connectivity index (χ3n) is 3.72. The molecule has 10 heteroatoms. The first-order valence-corrected chi connectivity index (χ1v) is 8.90. The van der Waals surface area contributed by atoms with E-state index in [-0.39, 0.29) is 28.8 Å². The average Bonchev–Trinajstić information content (AvgIpc) is 2.66. The Morgan fingerprint density at radius 1 is 1.28 bits per heavy atom. The van der Waals surface area contributed by atoms with Crippen LogP contribution in [0.15, 0.2) is 35.3 Å². The fourth-order valence-electron chi connectivity index (χ4n) is 2.09. The molecule has 0 saturated heterocycles. The summed E-state index contributed by atoms with van der Waals surface area (Å²) < 4.78 is 45.6. The lowest BCUT2D eigenvalue weighted by molar-refractivity contribution is -0.274. The molecular formula is C19H19ClF3N3O3. The summed E-state index contributed by atoms with van der Waals surface area (Å²) in [6.45, 7) is 4.07. The van der Waals surface area contributed by atoms with Crippen molar-refractivity contribution in [2.75, 3.05) is 20.2 Å². The second-order valence-corrected chi connectivity index (χ2v) is 6.38. The van der Waals surface area contributed by atoms with E-state index in [0.29, 0.717) is 11.4 Å². The minimum Gasteiger partial charge on any atom is -0.485 e. The molecule has 6 nitrogen and oxygen atoms in total. The number of ketones is 1. The van der Waals surface area contributed by atoms with Crippen LogP contribution in [-0.2, 0) is 0 Å². The molecule has 0 radical (unpaired) electrons. The van der Waals surface area contributed by atoms with E-state index >= 15 is 0 Å². The fourth-order valence-corrected chi connectivity index (χ4v) is 2.35. The lowest BCUT2D eigenvalue weighted by Crippen LogP contribution is -2.17. The molecule has 0 spiro atoms. The van der Waals surface area contributed by atoms with Crippen molar-refractivity contribution in [3.05, 3.63) is 46.7 Å². The molecule has 0 aliphatic heterocycles. The Morgan fingerprint density at radius 2 is 1.90 bits per heavy atom. The number of benzene rings is 1. The van der Waals surface area contributed by atoms with Crippen LogP contribution in [0.3, 0.4) is 0 Å². The van der Waals surface area contributed by atoms with Gasteiger partial charge in [0.05, 0.1) is 22.7 Å². The molecular weight excluding hydrogens is 411 g/mol. The van der Waals surface area contributed by atoms with Crippen LogP contribution in [0.5, 0.6) is 11.5 Å². The Labute approximate surface area is 170 Å². The Bertz CT molecular complexity index is 887. The third-order valence-corrected chi connectivity index (χ3v) is 4.01. The van der Waals surface area contributed by atoms with Gasteiger partial charge in [-0.05, 0) is 44.2 Å². The summed E-state index contributed by atoms with van der Waals surface area (Å²) >= 11 is 6.16. The number of alkyl halides is 3. The van der Waals surface area contributed by atoms with Crippen LogP contribution in [-0.4, -0.2) is 48.6 Å². The quantitative estimate of drug-likeness (QED) is 0.342. The van der Waals surface area contributed by atoms with Crippen molar-refractivity contribution in [3.8, 4) is 11.5 Å². The van der Waals surface area contributed by atoms with Crippen LogP contribution in [0.25, 0.3) is 0 Å². The van der Waals surface area contributed by atoms with Crippen molar-refractivity contribution in [2.24, 2.45) is 4.99 Å². The third kappa shape index (κ3) is 6.94.